The zero-order chi connectivity index (χ0) is 21.0. The lowest BCUT2D eigenvalue weighted by atomic mass is 10.1. The summed E-state index contributed by atoms with van der Waals surface area (Å²) in [7, 11) is 1.92. The molecule has 0 aliphatic rings. The van der Waals surface area contributed by atoms with E-state index in [1.54, 1.807) is 24.3 Å². The molecule has 29 heavy (non-hydrogen) atoms. The molecule has 0 radical (unpaired) electrons. The van der Waals surface area contributed by atoms with Gasteiger partial charge in [0.2, 0.25) is 11.8 Å². The minimum Gasteiger partial charge on any atom is -0.350 e. The van der Waals surface area contributed by atoms with Gasteiger partial charge in [0, 0.05) is 29.8 Å². The van der Waals surface area contributed by atoms with Crippen LogP contribution in [-0.4, -0.2) is 29.1 Å². The maximum Gasteiger partial charge on any atom is 0.405 e. The Morgan fingerprint density at radius 2 is 1.66 bits per heavy atom. The Morgan fingerprint density at radius 1 is 0.966 bits per heavy atom. The first-order valence-corrected chi connectivity index (χ1v) is 8.96. The Bertz CT molecular complexity index is 1020. The van der Waals surface area contributed by atoms with Gasteiger partial charge in [-0.1, -0.05) is 30.3 Å². The van der Waals surface area contributed by atoms with E-state index in [0.717, 1.165) is 16.5 Å². The van der Waals surface area contributed by atoms with Crippen molar-refractivity contribution in [3.8, 4) is 0 Å². The van der Waals surface area contributed by atoms with Crippen LogP contribution in [0.2, 0.25) is 0 Å². The zero-order valence-electron chi connectivity index (χ0n) is 15.7. The van der Waals surface area contributed by atoms with Crippen LogP contribution in [0.3, 0.4) is 0 Å². The molecule has 2 N–H and O–H groups in total. The van der Waals surface area contributed by atoms with E-state index in [0.29, 0.717) is 11.3 Å². The average molecular weight is 403 g/mol. The van der Waals surface area contributed by atoms with Crippen LogP contribution < -0.4 is 10.6 Å². The van der Waals surface area contributed by atoms with Crippen molar-refractivity contribution in [2.45, 2.75) is 19.0 Å². The Labute approximate surface area is 165 Å². The van der Waals surface area contributed by atoms with Crippen LogP contribution in [0, 0.1) is 0 Å². The fourth-order valence-electron chi connectivity index (χ4n) is 3.10. The largest absolute Gasteiger partial charge is 0.405 e. The number of hydrogen-bond acceptors (Lipinski definition) is 2. The molecule has 0 saturated carbocycles. The first-order chi connectivity index (χ1) is 13.7. The summed E-state index contributed by atoms with van der Waals surface area (Å²) < 4.78 is 38.3. The van der Waals surface area contributed by atoms with Gasteiger partial charge in [0.15, 0.2) is 0 Å². The third-order valence-electron chi connectivity index (χ3n) is 4.42. The highest BCUT2D eigenvalue weighted by atomic mass is 19.4. The van der Waals surface area contributed by atoms with Crippen LogP contribution in [0.5, 0.6) is 0 Å². The van der Waals surface area contributed by atoms with E-state index in [1.165, 1.54) is 0 Å². The number of nitrogens with zero attached hydrogens (tertiary/aromatic N) is 1. The van der Waals surface area contributed by atoms with Crippen molar-refractivity contribution in [1.82, 2.24) is 9.88 Å². The van der Waals surface area contributed by atoms with E-state index in [-0.39, 0.29) is 18.7 Å². The number of para-hydroxylation sites is 1. The van der Waals surface area contributed by atoms with Crippen LogP contribution in [-0.2, 0) is 29.5 Å². The number of benzene rings is 2. The second-order valence-corrected chi connectivity index (χ2v) is 6.77. The fourth-order valence-corrected chi connectivity index (χ4v) is 3.10. The molecule has 3 rings (SSSR count). The van der Waals surface area contributed by atoms with E-state index in [2.05, 4.69) is 5.32 Å². The lowest BCUT2D eigenvalue weighted by Gasteiger charge is -2.09. The number of hydrogen-bond donors (Lipinski definition) is 2. The van der Waals surface area contributed by atoms with Crippen LogP contribution in [0.1, 0.15) is 11.1 Å². The summed E-state index contributed by atoms with van der Waals surface area (Å²) in [5, 5.41) is 5.64. The van der Waals surface area contributed by atoms with Crippen molar-refractivity contribution in [2.24, 2.45) is 7.05 Å². The highest BCUT2D eigenvalue weighted by Gasteiger charge is 2.27. The van der Waals surface area contributed by atoms with Crippen LogP contribution >= 0.6 is 0 Å². The van der Waals surface area contributed by atoms with Gasteiger partial charge in [0.1, 0.15) is 6.54 Å². The minimum absolute atomic E-state index is 0.166. The van der Waals surface area contributed by atoms with Gasteiger partial charge in [-0.25, -0.2) is 0 Å². The van der Waals surface area contributed by atoms with Crippen molar-refractivity contribution < 1.29 is 22.8 Å². The number of fused-ring (bicyclic) bond motifs is 1. The molecule has 0 saturated heterocycles. The number of aryl methyl sites for hydroxylation is 1. The molecule has 2 aromatic carbocycles. The summed E-state index contributed by atoms with van der Waals surface area (Å²) in [6, 6.07) is 14.3. The van der Waals surface area contributed by atoms with E-state index in [4.69, 9.17) is 0 Å². The molecule has 0 bridgehead atoms. The second kappa shape index (κ2) is 8.38. The maximum absolute atomic E-state index is 12.4. The quantitative estimate of drug-likeness (QED) is 0.661. The summed E-state index contributed by atoms with van der Waals surface area (Å²) in [6.45, 7) is -1.35. The summed E-state index contributed by atoms with van der Waals surface area (Å²) in [6.07, 6.45) is -2.47. The molecule has 5 nitrogen and oxygen atoms in total. The highest BCUT2D eigenvalue weighted by molar-refractivity contribution is 5.96. The van der Waals surface area contributed by atoms with Gasteiger partial charge in [-0.3, -0.25) is 9.59 Å². The topological polar surface area (TPSA) is 63.1 Å². The van der Waals surface area contributed by atoms with Crippen LogP contribution in [0.4, 0.5) is 18.9 Å². The van der Waals surface area contributed by atoms with Gasteiger partial charge >= 0.3 is 6.18 Å². The molecule has 2 amide bonds. The minimum atomic E-state index is -4.44. The second-order valence-electron chi connectivity index (χ2n) is 6.77. The molecule has 0 aliphatic carbocycles. The van der Waals surface area contributed by atoms with Crippen molar-refractivity contribution in [1.29, 1.82) is 0 Å². The van der Waals surface area contributed by atoms with E-state index in [1.807, 2.05) is 47.4 Å². The Kier molecular flexibility index (Phi) is 5.91. The number of anilines is 1. The van der Waals surface area contributed by atoms with Crippen molar-refractivity contribution in [3.63, 3.8) is 0 Å². The number of nitrogens with one attached hydrogen (secondary N) is 2. The monoisotopic (exact) mass is 403 g/mol. The third kappa shape index (κ3) is 5.60. The number of alkyl halides is 3. The number of halogens is 3. The summed E-state index contributed by atoms with van der Waals surface area (Å²) >= 11 is 0. The summed E-state index contributed by atoms with van der Waals surface area (Å²) in [5.41, 5.74) is 3.06. The average Bonchev–Trinajstić information content (AvgIpc) is 2.97. The standard InChI is InChI=1S/C21H20F3N3O2/c1-27-12-15(17-4-2-3-5-18(17)27)11-20(29)26-16-8-6-14(7-9-16)10-19(28)25-13-21(22,23)24/h2-9,12H,10-11,13H2,1H3,(H,25,28)(H,26,29). The molecule has 0 atom stereocenters. The number of amides is 2. The van der Waals surface area contributed by atoms with Gasteiger partial charge in [0.05, 0.1) is 12.8 Å². The number of aromatic nitrogens is 1. The van der Waals surface area contributed by atoms with Crippen LogP contribution in [0.15, 0.2) is 54.7 Å². The van der Waals surface area contributed by atoms with Crippen molar-refractivity contribution in [2.75, 3.05) is 11.9 Å². The molecule has 3 aromatic rings. The molecule has 0 spiro atoms. The van der Waals surface area contributed by atoms with Gasteiger partial charge in [0.25, 0.3) is 0 Å². The fraction of sp³-hybridized carbons (Fsp3) is 0.238. The Hall–Kier alpha value is -3.29. The van der Waals surface area contributed by atoms with Crippen LogP contribution in [0.25, 0.3) is 10.9 Å². The molecule has 152 valence electrons. The first kappa shape index (κ1) is 20.4. The first-order valence-electron chi connectivity index (χ1n) is 8.96. The van der Waals surface area contributed by atoms with Gasteiger partial charge in [-0.15, -0.1) is 0 Å². The maximum atomic E-state index is 12.4. The van der Waals surface area contributed by atoms with Crippen molar-refractivity contribution >= 4 is 28.4 Å². The Morgan fingerprint density at radius 3 is 2.34 bits per heavy atom. The molecule has 1 aromatic heterocycles. The van der Waals surface area contributed by atoms with Gasteiger partial charge in [-0.05, 0) is 29.3 Å². The smallest absolute Gasteiger partial charge is 0.350 e. The van der Waals surface area contributed by atoms with Gasteiger partial charge < -0.3 is 15.2 Å². The molecular formula is C21H20F3N3O2. The lowest BCUT2D eigenvalue weighted by molar-refractivity contribution is -0.138. The SMILES string of the molecule is Cn1cc(CC(=O)Nc2ccc(CC(=O)NCC(F)(F)F)cc2)c2ccccc21. The number of rotatable bonds is 6. The van der Waals surface area contributed by atoms with E-state index in [9.17, 15) is 22.8 Å². The molecule has 0 fully saturated rings. The molecular weight excluding hydrogens is 383 g/mol. The summed E-state index contributed by atoms with van der Waals surface area (Å²) in [4.78, 5) is 23.9. The molecule has 0 aliphatic heterocycles. The zero-order valence-corrected chi connectivity index (χ0v) is 15.7. The third-order valence-corrected chi connectivity index (χ3v) is 4.42. The number of carbonyl (C=O) groups is 2. The van der Waals surface area contributed by atoms with Gasteiger partial charge in [-0.2, -0.15) is 13.2 Å². The molecule has 8 heteroatoms. The summed E-state index contributed by atoms with van der Waals surface area (Å²) in [5.74, 6) is -0.896. The predicted molar refractivity (Wildman–Crippen MR) is 104 cm³/mol. The van der Waals surface area contributed by atoms with E-state index >= 15 is 0 Å². The molecule has 0 unspecified atom stereocenters. The highest BCUT2D eigenvalue weighted by Crippen LogP contribution is 2.21. The normalized spacial score (nSPS) is 11.4. The Balaban J connectivity index is 1.56. The number of carbonyl (C=O) groups excluding carboxylic acids is 2. The van der Waals surface area contributed by atoms with E-state index < -0.39 is 18.6 Å². The lowest BCUT2D eigenvalue weighted by Crippen LogP contribution is -2.34. The van der Waals surface area contributed by atoms with Crippen molar-refractivity contribution in [3.05, 3.63) is 65.9 Å². The predicted octanol–water partition coefficient (Wildman–Crippen LogP) is 3.58. The molecule has 1 heterocycles.